The van der Waals surface area contributed by atoms with Crippen molar-refractivity contribution in [1.29, 1.82) is 0 Å². The van der Waals surface area contributed by atoms with E-state index in [1.54, 1.807) is 0 Å². The molecule has 1 unspecified atom stereocenters. The molecule has 2 aromatic carbocycles. The zero-order valence-corrected chi connectivity index (χ0v) is 12.9. The van der Waals surface area contributed by atoms with Gasteiger partial charge in [-0.2, -0.15) is 0 Å². The number of fused-ring (bicyclic) bond motifs is 1. The molecule has 1 aromatic heterocycles. The normalized spacial score (nSPS) is 12.8. The Hall–Kier alpha value is -1.58. The van der Waals surface area contributed by atoms with Crippen LogP contribution in [0.15, 0.2) is 51.4 Å². The molecule has 0 aliphatic carbocycles. The summed E-state index contributed by atoms with van der Waals surface area (Å²) in [6.45, 7) is 4.05. The van der Waals surface area contributed by atoms with Crippen LogP contribution in [0.25, 0.3) is 11.0 Å². The Morgan fingerprint density at radius 3 is 2.60 bits per heavy atom. The van der Waals surface area contributed by atoms with Crippen molar-refractivity contribution in [2.24, 2.45) is 0 Å². The Bertz CT molecular complexity index is 774. The third-order valence-electron chi connectivity index (χ3n) is 3.50. The maximum absolute atomic E-state index is 10.5. The molecule has 1 heterocycles. The summed E-state index contributed by atoms with van der Waals surface area (Å²) in [5.74, 6) is 0.568. The second-order valence-corrected chi connectivity index (χ2v) is 5.92. The summed E-state index contributed by atoms with van der Waals surface area (Å²) < 4.78 is 6.70. The lowest BCUT2D eigenvalue weighted by Crippen LogP contribution is -2.00. The van der Waals surface area contributed by atoms with Crippen LogP contribution in [0.1, 0.15) is 28.6 Å². The lowest BCUT2D eigenvalue weighted by Gasteiger charge is -2.11. The highest BCUT2D eigenvalue weighted by atomic mass is 79.9. The summed E-state index contributed by atoms with van der Waals surface area (Å²) in [5.41, 5.74) is 3.90. The van der Waals surface area contributed by atoms with E-state index in [4.69, 9.17) is 4.42 Å². The number of aliphatic hydroxyl groups is 1. The number of aliphatic hydroxyl groups excluding tert-OH is 1. The highest BCUT2D eigenvalue weighted by Gasteiger charge is 2.18. The summed E-state index contributed by atoms with van der Waals surface area (Å²) in [6.07, 6.45) is -0.741. The average molecular weight is 331 g/mol. The van der Waals surface area contributed by atoms with E-state index in [-0.39, 0.29) is 0 Å². The van der Waals surface area contributed by atoms with Crippen LogP contribution in [-0.2, 0) is 0 Å². The van der Waals surface area contributed by atoms with Crippen LogP contribution < -0.4 is 0 Å². The first-order valence-corrected chi connectivity index (χ1v) is 7.29. The first-order valence-electron chi connectivity index (χ1n) is 6.49. The molecule has 0 saturated carbocycles. The zero-order chi connectivity index (χ0) is 14.3. The van der Waals surface area contributed by atoms with E-state index in [2.05, 4.69) is 22.0 Å². The van der Waals surface area contributed by atoms with Crippen LogP contribution in [0.5, 0.6) is 0 Å². The lowest BCUT2D eigenvalue weighted by atomic mass is 9.99. The number of benzene rings is 2. The molecule has 0 radical (unpaired) electrons. The molecule has 0 bridgehead atoms. The molecular formula is C17H15BrO2. The molecule has 0 spiro atoms. The number of hydrogen-bond donors (Lipinski definition) is 1. The summed E-state index contributed by atoms with van der Waals surface area (Å²) >= 11 is 3.46. The molecule has 3 rings (SSSR count). The number of aryl methyl sites for hydroxylation is 2. The summed E-state index contributed by atoms with van der Waals surface area (Å²) in [4.78, 5) is 0. The van der Waals surface area contributed by atoms with E-state index < -0.39 is 6.10 Å². The second kappa shape index (κ2) is 5.08. The predicted molar refractivity (Wildman–Crippen MR) is 83.9 cm³/mol. The van der Waals surface area contributed by atoms with Crippen molar-refractivity contribution in [3.05, 3.63) is 69.4 Å². The summed E-state index contributed by atoms with van der Waals surface area (Å²) in [7, 11) is 0. The fourth-order valence-corrected chi connectivity index (χ4v) is 2.93. The van der Waals surface area contributed by atoms with E-state index >= 15 is 0 Å². The minimum absolute atomic E-state index is 0.568. The molecule has 102 valence electrons. The minimum Gasteiger partial charge on any atom is -0.457 e. The molecule has 0 amide bonds. The number of hydrogen-bond acceptors (Lipinski definition) is 2. The zero-order valence-electron chi connectivity index (χ0n) is 11.4. The molecule has 0 aliphatic rings. The second-order valence-electron chi connectivity index (χ2n) is 5.07. The Morgan fingerprint density at radius 2 is 1.90 bits per heavy atom. The van der Waals surface area contributed by atoms with Gasteiger partial charge in [-0.05, 0) is 53.0 Å². The third kappa shape index (κ3) is 2.28. The van der Waals surface area contributed by atoms with Crippen molar-refractivity contribution in [2.75, 3.05) is 0 Å². The fraction of sp³-hybridized carbons (Fsp3) is 0.176. The molecule has 2 nitrogen and oxygen atoms in total. The standard InChI is InChI=1S/C17H15BrO2/c1-10-6-7-13(11(2)8-10)16(19)15-9-12-4-3-5-14(18)17(12)20-15/h3-9,16,19H,1-2H3. The van der Waals surface area contributed by atoms with Gasteiger partial charge in [-0.25, -0.2) is 0 Å². The van der Waals surface area contributed by atoms with Gasteiger partial charge in [0.1, 0.15) is 17.4 Å². The molecule has 0 aliphatic heterocycles. The smallest absolute Gasteiger partial charge is 0.148 e. The Labute approximate surface area is 126 Å². The largest absolute Gasteiger partial charge is 0.457 e. The summed E-state index contributed by atoms with van der Waals surface area (Å²) in [6, 6.07) is 13.8. The number of halogens is 1. The molecule has 0 fully saturated rings. The monoisotopic (exact) mass is 330 g/mol. The predicted octanol–water partition coefficient (Wildman–Crippen LogP) is 4.89. The van der Waals surface area contributed by atoms with Crippen LogP contribution in [0, 0.1) is 13.8 Å². The molecule has 1 N–H and O–H groups in total. The SMILES string of the molecule is Cc1ccc(C(O)c2cc3cccc(Br)c3o2)c(C)c1. The van der Waals surface area contributed by atoms with Gasteiger partial charge in [-0.1, -0.05) is 35.9 Å². The van der Waals surface area contributed by atoms with Crippen molar-refractivity contribution >= 4 is 26.9 Å². The van der Waals surface area contributed by atoms with E-state index in [9.17, 15) is 5.11 Å². The molecule has 0 saturated heterocycles. The lowest BCUT2D eigenvalue weighted by molar-refractivity contribution is 0.191. The first kappa shape index (κ1) is 13.4. The van der Waals surface area contributed by atoms with Crippen LogP contribution in [0.2, 0.25) is 0 Å². The molecule has 1 atom stereocenters. The Morgan fingerprint density at radius 1 is 1.10 bits per heavy atom. The third-order valence-corrected chi connectivity index (χ3v) is 4.13. The molecule has 3 aromatic rings. The highest BCUT2D eigenvalue weighted by Crippen LogP contribution is 2.33. The number of rotatable bonds is 2. The molecule has 20 heavy (non-hydrogen) atoms. The van der Waals surface area contributed by atoms with Gasteiger partial charge < -0.3 is 9.52 Å². The van der Waals surface area contributed by atoms with Crippen molar-refractivity contribution in [1.82, 2.24) is 0 Å². The Balaban J connectivity index is 2.08. The quantitative estimate of drug-likeness (QED) is 0.725. The molecular weight excluding hydrogens is 316 g/mol. The Kier molecular flexibility index (Phi) is 3.40. The fourth-order valence-electron chi connectivity index (χ4n) is 2.47. The van der Waals surface area contributed by atoms with Gasteiger partial charge in [0.05, 0.1) is 4.47 Å². The maximum atomic E-state index is 10.5. The van der Waals surface area contributed by atoms with E-state index in [1.165, 1.54) is 5.56 Å². The van der Waals surface area contributed by atoms with Gasteiger partial charge in [-0.15, -0.1) is 0 Å². The van der Waals surface area contributed by atoms with Gasteiger partial charge in [-0.3, -0.25) is 0 Å². The first-order chi connectivity index (χ1) is 9.56. The van der Waals surface area contributed by atoms with Crippen LogP contribution in [0.4, 0.5) is 0 Å². The average Bonchev–Trinajstić information content (AvgIpc) is 2.83. The highest BCUT2D eigenvalue weighted by molar-refractivity contribution is 9.10. The number of furan rings is 1. The van der Waals surface area contributed by atoms with Crippen molar-refractivity contribution < 1.29 is 9.52 Å². The van der Waals surface area contributed by atoms with Crippen molar-refractivity contribution in [3.8, 4) is 0 Å². The van der Waals surface area contributed by atoms with Crippen molar-refractivity contribution in [2.45, 2.75) is 20.0 Å². The van der Waals surface area contributed by atoms with Gasteiger partial charge in [0.25, 0.3) is 0 Å². The van der Waals surface area contributed by atoms with Crippen LogP contribution >= 0.6 is 15.9 Å². The maximum Gasteiger partial charge on any atom is 0.148 e. The van der Waals surface area contributed by atoms with E-state index in [1.807, 2.05) is 50.2 Å². The van der Waals surface area contributed by atoms with Gasteiger partial charge in [0, 0.05) is 5.39 Å². The summed E-state index contributed by atoms with van der Waals surface area (Å²) in [5, 5.41) is 11.5. The van der Waals surface area contributed by atoms with Crippen LogP contribution in [-0.4, -0.2) is 5.11 Å². The van der Waals surface area contributed by atoms with Crippen LogP contribution in [0.3, 0.4) is 0 Å². The van der Waals surface area contributed by atoms with E-state index in [0.29, 0.717) is 5.76 Å². The van der Waals surface area contributed by atoms with Gasteiger partial charge in [0.2, 0.25) is 0 Å². The van der Waals surface area contributed by atoms with Crippen molar-refractivity contribution in [3.63, 3.8) is 0 Å². The topological polar surface area (TPSA) is 33.4 Å². The minimum atomic E-state index is -0.741. The number of para-hydroxylation sites is 1. The van der Waals surface area contributed by atoms with Gasteiger partial charge >= 0.3 is 0 Å². The van der Waals surface area contributed by atoms with E-state index in [0.717, 1.165) is 26.6 Å². The van der Waals surface area contributed by atoms with Gasteiger partial charge in [0.15, 0.2) is 0 Å². The molecule has 3 heteroatoms.